The molecule has 3 rings (SSSR count). The van der Waals surface area contributed by atoms with Crippen molar-refractivity contribution < 1.29 is 22.6 Å². The van der Waals surface area contributed by atoms with Gasteiger partial charge in [0.15, 0.2) is 5.82 Å². The highest BCUT2D eigenvalue weighted by molar-refractivity contribution is 5.85. The summed E-state index contributed by atoms with van der Waals surface area (Å²) < 4.78 is 51.1. The second-order valence-corrected chi connectivity index (χ2v) is 5.74. The topological polar surface area (TPSA) is 88.1 Å². The molecule has 0 saturated carbocycles. The maximum Gasteiger partial charge on any atom is 0.453 e. The van der Waals surface area contributed by atoms with Crippen LogP contribution in [0.2, 0.25) is 0 Å². The average Bonchev–Trinajstić information content (AvgIpc) is 3.15. The minimum Gasteiger partial charge on any atom is -0.494 e. The molecule has 3 aromatic rings. The van der Waals surface area contributed by atoms with Gasteiger partial charge < -0.3 is 15.2 Å². The summed E-state index contributed by atoms with van der Waals surface area (Å²) >= 11 is 0. The summed E-state index contributed by atoms with van der Waals surface area (Å²) in [6, 6.07) is 9.64. The predicted octanol–water partition coefficient (Wildman–Crippen LogP) is 3.51. The van der Waals surface area contributed by atoms with Gasteiger partial charge in [0.1, 0.15) is 5.75 Å². The Hall–Kier alpha value is -2.85. The summed E-state index contributed by atoms with van der Waals surface area (Å²) in [7, 11) is 1.45. The van der Waals surface area contributed by atoms with Crippen molar-refractivity contribution in [2.24, 2.45) is 5.73 Å². The van der Waals surface area contributed by atoms with Crippen LogP contribution in [0, 0.1) is 0 Å². The number of ether oxygens (including phenoxy) is 2. The first kappa shape index (κ1) is 22.4. The summed E-state index contributed by atoms with van der Waals surface area (Å²) in [5, 5.41) is 3.62. The average molecular weight is 430 g/mol. The minimum atomic E-state index is -4.68. The molecule has 2 aromatic heterocycles. The zero-order chi connectivity index (χ0) is 20.1. The Labute approximate surface area is 171 Å². The largest absolute Gasteiger partial charge is 0.494 e. The van der Waals surface area contributed by atoms with Crippen molar-refractivity contribution in [3.63, 3.8) is 0 Å². The Morgan fingerprint density at radius 1 is 1.10 bits per heavy atom. The molecule has 2 heterocycles. The van der Waals surface area contributed by atoms with Crippen molar-refractivity contribution >= 4 is 12.4 Å². The molecule has 0 aliphatic heterocycles. The van der Waals surface area contributed by atoms with Gasteiger partial charge in [-0.25, -0.2) is 14.6 Å². The molecule has 11 heteroatoms. The van der Waals surface area contributed by atoms with Crippen LogP contribution < -0.4 is 15.2 Å². The van der Waals surface area contributed by atoms with E-state index in [1.54, 1.807) is 30.3 Å². The van der Waals surface area contributed by atoms with Gasteiger partial charge in [0.05, 0.1) is 25.6 Å². The molecule has 0 radical (unpaired) electrons. The van der Waals surface area contributed by atoms with E-state index in [-0.39, 0.29) is 18.2 Å². The van der Waals surface area contributed by atoms with E-state index in [4.69, 9.17) is 15.2 Å². The quantitative estimate of drug-likeness (QED) is 0.578. The molecule has 0 saturated heterocycles. The fourth-order valence-corrected chi connectivity index (χ4v) is 2.39. The van der Waals surface area contributed by atoms with Crippen LogP contribution >= 0.6 is 12.4 Å². The van der Waals surface area contributed by atoms with Crippen LogP contribution in [0.1, 0.15) is 12.2 Å². The van der Waals surface area contributed by atoms with Gasteiger partial charge in [-0.3, -0.25) is 0 Å². The second kappa shape index (κ2) is 9.57. The highest BCUT2D eigenvalue weighted by Gasteiger charge is 2.37. The molecule has 7 nitrogen and oxygen atoms in total. The Bertz CT molecular complexity index is 915. The van der Waals surface area contributed by atoms with E-state index in [0.717, 1.165) is 4.68 Å². The Kier molecular flexibility index (Phi) is 7.40. The standard InChI is InChI=1S/C18H18F3N5O2.ClH/c1-27-15-8-5-13(11-23-15)26-16(24-17(25-26)18(19,20)21)12-3-6-14(7-4-12)28-10-2-9-22;/h3-8,11H,2,9-10,22H2,1H3;1H. The van der Waals surface area contributed by atoms with Crippen molar-refractivity contribution in [1.82, 2.24) is 19.7 Å². The summed E-state index contributed by atoms with van der Waals surface area (Å²) in [4.78, 5) is 7.70. The monoisotopic (exact) mass is 429 g/mol. The highest BCUT2D eigenvalue weighted by atomic mass is 35.5. The van der Waals surface area contributed by atoms with E-state index in [9.17, 15) is 13.2 Å². The number of hydrogen-bond acceptors (Lipinski definition) is 6. The highest BCUT2D eigenvalue weighted by Crippen LogP contribution is 2.31. The Morgan fingerprint density at radius 2 is 1.83 bits per heavy atom. The van der Waals surface area contributed by atoms with E-state index in [1.165, 1.54) is 19.4 Å². The lowest BCUT2D eigenvalue weighted by Gasteiger charge is -2.08. The van der Waals surface area contributed by atoms with Crippen molar-refractivity contribution in [3.8, 4) is 28.7 Å². The molecule has 0 fully saturated rings. The number of methoxy groups -OCH3 is 1. The summed E-state index contributed by atoms with van der Waals surface area (Å²) in [6.45, 7) is 0.971. The molecule has 0 unspecified atom stereocenters. The number of nitrogens with two attached hydrogens (primary N) is 1. The van der Waals surface area contributed by atoms with E-state index in [2.05, 4.69) is 15.1 Å². The predicted molar refractivity (Wildman–Crippen MR) is 103 cm³/mol. The molecule has 0 aliphatic carbocycles. The second-order valence-electron chi connectivity index (χ2n) is 5.74. The van der Waals surface area contributed by atoms with Gasteiger partial charge in [-0.1, -0.05) is 0 Å². The van der Waals surface area contributed by atoms with Gasteiger partial charge in [-0.05, 0) is 43.3 Å². The van der Waals surface area contributed by atoms with Gasteiger partial charge in [-0.15, -0.1) is 17.5 Å². The van der Waals surface area contributed by atoms with Gasteiger partial charge >= 0.3 is 6.18 Å². The lowest BCUT2D eigenvalue weighted by atomic mass is 10.2. The van der Waals surface area contributed by atoms with Crippen molar-refractivity contribution in [1.29, 1.82) is 0 Å². The molecule has 156 valence electrons. The summed E-state index contributed by atoms with van der Waals surface area (Å²) in [5.41, 5.74) is 6.19. The maximum absolute atomic E-state index is 13.2. The summed E-state index contributed by atoms with van der Waals surface area (Å²) in [5.74, 6) is -0.278. The smallest absolute Gasteiger partial charge is 0.453 e. The first-order valence-corrected chi connectivity index (χ1v) is 8.40. The molecule has 0 bridgehead atoms. The van der Waals surface area contributed by atoms with Crippen molar-refractivity contribution in [3.05, 3.63) is 48.4 Å². The molecule has 0 atom stereocenters. The summed E-state index contributed by atoms with van der Waals surface area (Å²) in [6.07, 6.45) is -2.61. The molecule has 2 N–H and O–H groups in total. The first-order chi connectivity index (χ1) is 13.4. The van der Waals surface area contributed by atoms with Crippen LogP contribution in [0.3, 0.4) is 0 Å². The Morgan fingerprint density at radius 3 is 2.38 bits per heavy atom. The molecule has 0 aliphatic rings. The zero-order valence-electron chi connectivity index (χ0n) is 15.4. The lowest BCUT2D eigenvalue weighted by molar-refractivity contribution is -0.144. The number of hydrogen-bond donors (Lipinski definition) is 1. The number of rotatable bonds is 7. The van der Waals surface area contributed by atoms with E-state index in [1.807, 2.05) is 0 Å². The van der Waals surface area contributed by atoms with Gasteiger partial charge in [0.2, 0.25) is 5.88 Å². The van der Waals surface area contributed by atoms with Gasteiger partial charge in [0.25, 0.3) is 5.82 Å². The molecular weight excluding hydrogens is 411 g/mol. The third-order valence-electron chi connectivity index (χ3n) is 3.76. The molecule has 0 amide bonds. The fourth-order valence-electron chi connectivity index (χ4n) is 2.39. The van der Waals surface area contributed by atoms with Crippen molar-refractivity contribution in [2.75, 3.05) is 20.3 Å². The zero-order valence-corrected chi connectivity index (χ0v) is 16.2. The lowest BCUT2D eigenvalue weighted by Crippen LogP contribution is -2.08. The molecule has 1 aromatic carbocycles. The number of nitrogens with zero attached hydrogens (tertiary/aromatic N) is 4. The minimum absolute atomic E-state index is 0. The molecule has 29 heavy (non-hydrogen) atoms. The number of pyridine rings is 1. The van der Waals surface area contributed by atoms with Gasteiger partial charge in [0, 0.05) is 11.6 Å². The van der Waals surface area contributed by atoms with E-state index >= 15 is 0 Å². The van der Waals surface area contributed by atoms with Gasteiger partial charge in [-0.2, -0.15) is 13.2 Å². The number of halogens is 4. The Balaban J connectivity index is 0.00000300. The maximum atomic E-state index is 13.2. The van der Waals surface area contributed by atoms with Crippen LogP contribution in [0.5, 0.6) is 11.6 Å². The normalized spacial score (nSPS) is 11.1. The molecule has 0 spiro atoms. The van der Waals surface area contributed by atoms with E-state index < -0.39 is 12.0 Å². The SMILES string of the molecule is COc1ccc(-n2nc(C(F)(F)F)nc2-c2ccc(OCCCN)cc2)cn1.Cl. The van der Waals surface area contributed by atoms with Crippen LogP contribution in [-0.4, -0.2) is 40.0 Å². The van der Waals surface area contributed by atoms with Crippen LogP contribution in [0.15, 0.2) is 42.6 Å². The first-order valence-electron chi connectivity index (χ1n) is 8.40. The third kappa shape index (κ3) is 5.36. The third-order valence-corrected chi connectivity index (χ3v) is 3.76. The number of alkyl halides is 3. The van der Waals surface area contributed by atoms with Crippen molar-refractivity contribution in [2.45, 2.75) is 12.6 Å². The van der Waals surface area contributed by atoms with Crippen LogP contribution in [-0.2, 0) is 6.18 Å². The molecular formula is C18H19ClF3N5O2. The number of benzene rings is 1. The number of aromatic nitrogens is 4. The fraction of sp³-hybridized carbons (Fsp3) is 0.278. The van der Waals surface area contributed by atoms with Crippen LogP contribution in [0.4, 0.5) is 13.2 Å². The van der Waals surface area contributed by atoms with E-state index in [0.29, 0.717) is 42.5 Å². The van der Waals surface area contributed by atoms with Crippen LogP contribution in [0.25, 0.3) is 17.1 Å².